The number of carbonyl (C=O) groups excluding carboxylic acids is 4. The molecule has 8 nitrogen and oxygen atoms in total. The van der Waals surface area contributed by atoms with Gasteiger partial charge in [-0.2, -0.15) is 0 Å². The predicted octanol–water partition coefficient (Wildman–Crippen LogP) is 2.61. The van der Waals surface area contributed by atoms with Crippen LogP contribution in [-0.2, 0) is 28.7 Å². The van der Waals surface area contributed by atoms with Crippen LogP contribution in [0.1, 0.15) is 81.6 Å². The quantitative estimate of drug-likeness (QED) is 0.558. The first-order valence-electron chi connectivity index (χ1n) is 10.6. The Hall–Kier alpha value is -2.22. The van der Waals surface area contributed by atoms with Crippen molar-refractivity contribution in [3.63, 3.8) is 0 Å². The van der Waals surface area contributed by atoms with Crippen LogP contribution in [0.3, 0.4) is 0 Å². The topological polar surface area (TPSA) is 119 Å². The third kappa shape index (κ3) is 6.63. The molecule has 2 N–H and O–H groups in total. The molecular formula is C23H37NO7. The third-order valence-corrected chi connectivity index (χ3v) is 4.99. The van der Waals surface area contributed by atoms with E-state index in [0.717, 1.165) is 0 Å². The average Bonchev–Trinajstić information content (AvgIpc) is 2.60. The summed E-state index contributed by atoms with van der Waals surface area (Å²) in [4.78, 5) is 50.7. The van der Waals surface area contributed by atoms with Gasteiger partial charge in [0, 0.05) is 6.42 Å². The van der Waals surface area contributed by atoms with Gasteiger partial charge in [0.1, 0.15) is 17.2 Å². The normalized spacial score (nSPS) is 21.2. The molecule has 0 heterocycles. The smallest absolute Gasteiger partial charge is 0.329 e. The number of carbonyl (C=O) groups is 4. The van der Waals surface area contributed by atoms with E-state index in [1.54, 1.807) is 55.4 Å². The molecule has 176 valence electrons. The highest BCUT2D eigenvalue weighted by molar-refractivity contribution is 6.14. The zero-order valence-electron chi connectivity index (χ0n) is 20.2. The van der Waals surface area contributed by atoms with Crippen molar-refractivity contribution >= 4 is 23.6 Å². The van der Waals surface area contributed by atoms with Crippen molar-refractivity contribution in [2.24, 2.45) is 5.92 Å². The van der Waals surface area contributed by atoms with E-state index in [4.69, 9.17) is 9.47 Å². The second-order valence-corrected chi connectivity index (χ2v) is 10.1. The minimum absolute atomic E-state index is 0.178. The van der Waals surface area contributed by atoms with Gasteiger partial charge in [-0.1, -0.05) is 6.92 Å². The van der Waals surface area contributed by atoms with Gasteiger partial charge in [0.25, 0.3) is 0 Å². The van der Waals surface area contributed by atoms with E-state index in [0.29, 0.717) is 17.6 Å². The van der Waals surface area contributed by atoms with Crippen LogP contribution in [0.5, 0.6) is 0 Å². The molecule has 0 aromatic carbocycles. The van der Waals surface area contributed by atoms with Crippen LogP contribution >= 0.6 is 0 Å². The summed E-state index contributed by atoms with van der Waals surface area (Å²) in [6, 6.07) is -1.23. The first kappa shape index (κ1) is 26.8. The zero-order chi connectivity index (χ0) is 24.4. The van der Waals surface area contributed by atoms with E-state index < -0.39 is 52.4 Å². The second kappa shape index (κ2) is 9.51. The molecule has 8 heteroatoms. The molecule has 0 bridgehead atoms. The molecule has 3 atom stereocenters. The van der Waals surface area contributed by atoms with Crippen LogP contribution in [0.2, 0.25) is 0 Å². The van der Waals surface area contributed by atoms with E-state index >= 15 is 0 Å². The summed E-state index contributed by atoms with van der Waals surface area (Å²) < 4.78 is 10.9. The Balaban J connectivity index is 3.35. The van der Waals surface area contributed by atoms with E-state index in [-0.39, 0.29) is 12.8 Å². The van der Waals surface area contributed by atoms with E-state index in [1.165, 1.54) is 0 Å². The number of Topliss-reactive ketones (excluding diaryl/α,β-unsaturated/α-hetero) is 1. The van der Waals surface area contributed by atoms with Gasteiger partial charge >= 0.3 is 11.9 Å². The molecule has 1 aliphatic rings. The standard InChI is InChI=1S/C23H37NO7/c1-10-11-17(25)24-16(20(28)31-22(7,8)9)12-15(19(27)30-21(4,5)6)23(29)14(3)13(2)18(23)26/h15-16,29H,10-12H2,1-9H3,(H,24,25)/t15?,16-,23?/m1/s1. The van der Waals surface area contributed by atoms with Crippen molar-refractivity contribution in [3.8, 4) is 0 Å². The van der Waals surface area contributed by atoms with Crippen LogP contribution in [0.15, 0.2) is 11.1 Å². The fourth-order valence-electron chi connectivity index (χ4n) is 3.40. The molecule has 0 saturated carbocycles. The molecule has 0 fully saturated rings. The maximum atomic E-state index is 13.0. The Morgan fingerprint density at radius 3 is 1.90 bits per heavy atom. The highest BCUT2D eigenvalue weighted by Gasteiger charge is 2.58. The van der Waals surface area contributed by atoms with Crippen LogP contribution in [0, 0.1) is 5.92 Å². The second-order valence-electron chi connectivity index (χ2n) is 10.1. The number of rotatable bonds is 8. The molecular weight excluding hydrogens is 402 g/mol. The summed E-state index contributed by atoms with van der Waals surface area (Å²) in [6.45, 7) is 15.0. The largest absolute Gasteiger partial charge is 0.460 e. The van der Waals surface area contributed by atoms with Crippen molar-refractivity contribution in [3.05, 3.63) is 11.1 Å². The zero-order valence-corrected chi connectivity index (χ0v) is 20.2. The fraction of sp³-hybridized carbons (Fsp3) is 0.739. The number of hydrogen-bond acceptors (Lipinski definition) is 7. The minimum atomic E-state index is -2.10. The van der Waals surface area contributed by atoms with Crippen LogP contribution in [-0.4, -0.2) is 51.6 Å². The maximum absolute atomic E-state index is 13.0. The van der Waals surface area contributed by atoms with E-state index in [1.807, 2.05) is 6.92 Å². The first-order chi connectivity index (χ1) is 13.9. The summed E-state index contributed by atoms with van der Waals surface area (Å²) in [5.74, 6) is -3.95. The molecule has 2 unspecified atom stereocenters. The lowest BCUT2D eigenvalue weighted by Gasteiger charge is -2.43. The minimum Gasteiger partial charge on any atom is -0.460 e. The molecule has 1 aliphatic carbocycles. The van der Waals surface area contributed by atoms with E-state index in [2.05, 4.69) is 5.32 Å². The number of esters is 2. The van der Waals surface area contributed by atoms with Crippen molar-refractivity contribution in [1.29, 1.82) is 0 Å². The summed E-state index contributed by atoms with van der Waals surface area (Å²) in [6.07, 6.45) is 0.398. The van der Waals surface area contributed by atoms with Gasteiger partial charge in [-0.25, -0.2) is 4.79 Å². The Labute approximate surface area is 184 Å². The molecule has 0 saturated heterocycles. The number of nitrogens with one attached hydrogen (secondary N) is 1. The lowest BCUT2D eigenvalue weighted by Crippen LogP contribution is -2.60. The number of ketones is 1. The Morgan fingerprint density at radius 1 is 1.00 bits per heavy atom. The van der Waals surface area contributed by atoms with Gasteiger partial charge in [0.05, 0.1) is 5.92 Å². The lowest BCUT2D eigenvalue weighted by atomic mass is 9.64. The third-order valence-electron chi connectivity index (χ3n) is 4.99. The van der Waals surface area contributed by atoms with Gasteiger partial charge < -0.3 is 19.9 Å². The average molecular weight is 440 g/mol. The van der Waals surface area contributed by atoms with Crippen LogP contribution < -0.4 is 5.32 Å². The number of hydrogen-bond donors (Lipinski definition) is 2. The SMILES string of the molecule is CCCC(=O)N[C@H](CC(C(=O)OC(C)(C)C)C1(O)C(=O)C(C)=C1C)C(=O)OC(C)(C)C. The number of amides is 1. The van der Waals surface area contributed by atoms with Crippen molar-refractivity contribution in [1.82, 2.24) is 5.32 Å². The predicted molar refractivity (Wildman–Crippen MR) is 115 cm³/mol. The van der Waals surface area contributed by atoms with Crippen LogP contribution in [0.4, 0.5) is 0 Å². The summed E-state index contributed by atoms with van der Waals surface area (Å²) in [5, 5.41) is 13.8. The molecule has 1 amide bonds. The fourth-order valence-corrected chi connectivity index (χ4v) is 3.40. The van der Waals surface area contributed by atoms with Gasteiger partial charge in [-0.05, 0) is 79.4 Å². The Kier molecular flexibility index (Phi) is 8.22. The highest BCUT2D eigenvalue weighted by Crippen LogP contribution is 2.43. The van der Waals surface area contributed by atoms with E-state index in [9.17, 15) is 24.3 Å². The molecule has 0 radical (unpaired) electrons. The first-order valence-corrected chi connectivity index (χ1v) is 10.6. The van der Waals surface area contributed by atoms with Crippen LogP contribution in [0.25, 0.3) is 0 Å². The lowest BCUT2D eigenvalue weighted by molar-refractivity contribution is -0.175. The van der Waals surface area contributed by atoms with Gasteiger partial charge in [0.2, 0.25) is 5.91 Å². The molecule has 31 heavy (non-hydrogen) atoms. The number of ether oxygens (including phenoxy) is 2. The Morgan fingerprint density at radius 2 is 1.48 bits per heavy atom. The van der Waals surface area contributed by atoms with Crippen molar-refractivity contribution < 1.29 is 33.8 Å². The summed E-state index contributed by atoms with van der Waals surface area (Å²) in [7, 11) is 0. The van der Waals surface area contributed by atoms with Gasteiger partial charge in [0.15, 0.2) is 11.4 Å². The van der Waals surface area contributed by atoms with Gasteiger partial charge in [-0.15, -0.1) is 0 Å². The summed E-state index contributed by atoms with van der Waals surface area (Å²) in [5.41, 5.74) is -3.10. The van der Waals surface area contributed by atoms with Gasteiger partial charge in [-0.3, -0.25) is 14.4 Å². The highest BCUT2D eigenvalue weighted by atomic mass is 16.6. The number of aliphatic hydroxyl groups is 1. The molecule has 0 aliphatic heterocycles. The molecule has 0 aromatic rings. The molecule has 1 rings (SSSR count). The summed E-state index contributed by atoms with van der Waals surface area (Å²) >= 11 is 0. The monoisotopic (exact) mass is 439 g/mol. The Bertz CT molecular complexity index is 770. The van der Waals surface area contributed by atoms with Crippen molar-refractivity contribution in [2.75, 3.05) is 0 Å². The molecule has 0 spiro atoms. The van der Waals surface area contributed by atoms with Crippen molar-refractivity contribution in [2.45, 2.75) is 104 Å². The maximum Gasteiger partial charge on any atom is 0.329 e. The molecule has 0 aromatic heterocycles.